The van der Waals surface area contributed by atoms with Crippen molar-refractivity contribution in [1.82, 2.24) is 5.32 Å². The van der Waals surface area contributed by atoms with Crippen LogP contribution < -0.4 is 10.6 Å². The fourth-order valence-corrected chi connectivity index (χ4v) is 1.79. The molecule has 2 rings (SSSR count). The highest BCUT2D eigenvalue weighted by molar-refractivity contribution is 5.94. The Hall–Kier alpha value is -2.69. The van der Waals surface area contributed by atoms with Gasteiger partial charge in [-0.2, -0.15) is 0 Å². The van der Waals surface area contributed by atoms with Gasteiger partial charge in [-0.3, -0.25) is 9.59 Å². The third-order valence-electron chi connectivity index (χ3n) is 2.76. The van der Waals surface area contributed by atoms with E-state index in [0.29, 0.717) is 5.69 Å². The minimum Gasteiger partial charge on any atom is -0.347 e. The number of benzene rings is 2. The van der Waals surface area contributed by atoms with Crippen LogP contribution in [0.3, 0.4) is 0 Å². The van der Waals surface area contributed by atoms with E-state index in [1.165, 1.54) is 18.2 Å². The summed E-state index contributed by atoms with van der Waals surface area (Å²) in [6.07, 6.45) is 0.216. The molecule has 21 heavy (non-hydrogen) atoms. The average Bonchev–Trinajstić information content (AvgIpc) is 2.46. The van der Waals surface area contributed by atoms with Gasteiger partial charge in [0.25, 0.3) is 0 Å². The summed E-state index contributed by atoms with van der Waals surface area (Å²) in [6.45, 7) is -0.151. The number of carbonyl (C=O) groups is 2. The monoisotopic (exact) mass is 286 g/mol. The molecule has 5 heteroatoms. The van der Waals surface area contributed by atoms with E-state index in [4.69, 9.17) is 0 Å². The lowest BCUT2D eigenvalue weighted by molar-refractivity contribution is -0.123. The van der Waals surface area contributed by atoms with Crippen molar-refractivity contribution in [3.05, 3.63) is 66.0 Å². The Kier molecular flexibility index (Phi) is 5.04. The molecule has 4 nitrogen and oxygen atoms in total. The molecular weight excluding hydrogens is 271 g/mol. The molecule has 0 spiro atoms. The maximum absolute atomic E-state index is 13.0. The van der Waals surface area contributed by atoms with Crippen molar-refractivity contribution in [2.24, 2.45) is 0 Å². The van der Waals surface area contributed by atoms with Gasteiger partial charge in [0.15, 0.2) is 0 Å². The van der Waals surface area contributed by atoms with Crippen molar-refractivity contribution >= 4 is 17.5 Å². The summed E-state index contributed by atoms with van der Waals surface area (Å²) in [5, 5.41) is 5.03. The minimum absolute atomic E-state index is 0.151. The van der Waals surface area contributed by atoms with Crippen LogP contribution in [0.5, 0.6) is 0 Å². The highest BCUT2D eigenvalue weighted by Crippen LogP contribution is 2.08. The number of hydrogen-bond acceptors (Lipinski definition) is 2. The van der Waals surface area contributed by atoms with E-state index in [-0.39, 0.29) is 18.9 Å². The first kappa shape index (κ1) is 14.7. The van der Waals surface area contributed by atoms with Gasteiger partial charge in [-0.1, -0.05) is 36.4 Å². The van der Waals surface area contributed by atoms with Gasteiger partial charge in [0, 0.05) is 5.69 Å². The molecule has 0 aromatic heterocycles. The molecule has 0 aliphatic heterocycles. The highest BCUT2D eigenvalue weighted by atomic mass is 19.1. The van der Waals surface area contributed by atoms with Gasteiger partial charge in [-0.25, -0.2) is 4.39 Å². The third-order valence-corrected chi connectivity index (χ3v) is 2.76. The van der Waals surface area contributed by atoms with Crippen molar-refractivity contribution in [1.29, 1.82) is 0 Å². The maximum Gasteiger partial charge on any atom is 0.243 e. The minimum atomic E-state index is -0.430. The predicted octanol–water partition coefficient (Wildman–Crippen LogP) is 2.12. The molecule has 0 aliphatic rings. The van der Waals surface area contributed by atoms with Crippen LogP contribution in [0.25, 0.3) is 0 Å². The van der Waals surface area contributed by atoms with Gasteiger partial charge in [0.05, 0.1) is 13.0 Å². The normalized spacial score (nSPS) is 9.95. The lowest BCUT2D eigenvalue weighted by Gasteiger charge is -2.07. The second-order valence-corrected chi connectivity index (χ2v) is 4.50. The molecule has 0 bridgehead atoms. The Morgan fingerprint density at radius 2 is 1.71 bits per heavy atom. The SMILES string of the molecule is O=C(Cc1ccccc1)NCC(=O)Nc1cccc(F)c1. The number of hydrogen-bond donors (Lipinski definition) is 2. The van der Waals surface area contributed by atoms with Crippen LogP contribution in [0.1, 0.15) is 5.56 Å². The average molecular weight is 286 g/mol. The molecule has 2 aromatic rings. The molecule has 0 fully saturated rings. The van der Waals surface area contributed by atoms with Crippen molar-refractivity contribution < 1.29 is 14.0 Å². The summed E-state index contributed by atoms with van der Waals surface area (Å²) in [5.41, 5.74) is 1.23. The quantitative estimate of drug-likeness (QED) is 0.884. The summed E-state index contributed by atoms with van der Waals surface area (Å²) in [7, 11) is 0. The van der Waals surface area contributed by atoms with Gasteiger partial charge >= 0.3 is 0 Å². The number of rotatable bonds is 5. The van der Waals surface area contributed by atoms with Crippen LogP contribution in [-0.2, 0) is 16.0 Å². The standard InChI is InChI=1S/C16H15FN2O2/c17-13-7-4-8-14(10-13)19-16(21)11-18-15(20)9-12-5-2-1-3-6-12/h1-8,10H,9,11H2,(H,18,20)(H,19,21). The zero-order valence-corrected chi connectivity index (χ0v) is 11.3. The Labute approximate surface area is 122 Å². The van der Waals surface area contributed by atoms with Crippen molar-refractivity contribution in [3.63, 3.8) is 0 Å². The number of carbonyl (C=O) groups excluding carboxylic acids is 2. The maximum atomic E-state index is 13.0. The summed E-state index contributed by atoms with van der Waals surface area (Å²) < 4.78 is 13.0. The van der Waals surface area contributed by atoms with E-state index < -0.39 is 11.7 Å². The van der Waals surface area contributed by atoms with Gasteiger partial charge in [0.2, 0.25) is 11.8 Å². The van der Waals surface area contributed by atoms with E-state index in [0.717, 1.165) is 5.56 Å². The van der Waals surface area contributed by atoms with Crippen LogP contribution in [0.15, 0.2) is 54.6 Å². The number of halogens is 1. The van der Waals surface area contributed by atoms with Gasteiger partial charge in [0.1, 0.15) is 5.82 Å². The summed E-state index contributed by atoms with van der Waals surface area (Å²) in [5.74, 6) is -1.07. The predicted molar refractivity (Wildman–Crippen MR) is 78.2 cm³/mol. The fraction of sp³-hybridized carbons (Fsp3) is 0.125. The Balaban J connectivity index is 1.77. The lowest BCUT2D eigenvalue weighted by Crippen LogP contribution is -2.33. The summed E-state index contributed by atoms with van der Waals surface area (Å²) in [4.78, 5) is 23.3. The molecule has 0 aliphatic carbocycles. The summed E-state index contributed by atoms with van der Waals surface area (Å²) >= 11 is 0. The zero-order valence-electron chi connectivity index (χ0n) is 11.3. The van der Waals surface area contributed by atoms with Gasteiger partial charge in [-0.15, -0.1) is 0 Å². The molecule has 0 heterocycles. The van der Waals surface area contributed by atoms with Crippen LogP contribution in [0.2, 0.25) is 0 Å². The van der Waals surface area contributed by atoms with E-state index >= 15 is 0 Å². The molecule has 2 aromatic carbocycles. The van der Waals surface area contributed by atoms with Crippen molar-refractivity contribution in [2.45, 2.75) is 6.42 Å². The van der Waals surface area contributed by atoms with Crippen LogP contribution >= 0.6 is 0 Å². The van der Waals surface area contributed by atoms with Gasteiger partial charge in [-0.05, 0) is 23.8 Å². The molecule has 0 saturated heterocycles. The Morgan fingerprint density at radius 1 is 0.952 bits per heavy atom. The topological polar surface area (TPSA) is 58.2 Å². The van der Waals surface area contributed by atoms with Crippen molar-refractivity contribution in [2.75, 3.05) is 11.9 Å². The van der Waals surface area contributed by atoms with Crippen molar-refractivity contribution in [3.8, 4) is 0 Å². The molecule has 0 radical (unpaired) electrons. The fourth-order valence-electron chi connectivity index (χ4n) is 1.79. The lowest BCUT2D eigenvalue weighted by atomic mass is 10.1. The largest absolute Gasteiger partial charge is 0.347 e. The van der Waals surface area contributed by atoms with Crippen LogP contribution in [-0.4, -0.2) is 18.4 Å². The van der Waals surface area contributed by atoms with E-state index in [1.54, 1.807) is 6.07 Å². The Bertz CT molecular complexity index is 629. The zero-order chi connectivity index (χ0) is 15.1. The van der Waals surface area contributed by atoms with E-state index in [2.05, 4.69) is 10.6 Å². The first-order valence-electron chi connectivity index (χ1n) is 6.49. The molecule has 0 unspecified atom stereocenters. The smallest absolute Gasteiger partial charge is 0.243 e. The molecule has 108 valence electrons. The molecule has 2 N–H and O–H groups in total. The second kappa shape index (κ2) is 7.19. The molecule has 2 amide bonds. The summed E-state index contributed by atoms with van der Waals surface area (Å²) in [6, 6.07) is 14.8. The van der Waals surface area contributed by atoms with E-state index in [1.807, 2.05) is 30.3 Å². The van der Waals surface area contributed by atoms with Gasteiger partial charge < -0.3 is 10.6 Å². The molecular formula is C16H15FN2O2. The second-order valence-electron chi connectivity index (χ2n) is 4.50. The number of amides is 2. The third kappa shape index (κ3) is 5.06. The van der Waals surface area contributed by atoms with E-state index in [9.17, 15) is 14.0 Å². The molecule has 0 saturated carbocycles. The number of anilines is 1. The highest BCUT2D eigenvalue weighted by Gasteiger charge is 2.07. The first-order chi connectivity index (χ1) is 10.1. The number of nitrogens with one attached hydrogen (secondary N) is 2. The van der Waals surface area contributed by atoms with Crippen LogP contribution in [0, 0.1) is 5.82 Å². The van der Waals surface area contributed by atoms with Crippen LogP contribution in [0.4, 0.5) is 10.1 Å². The Morgan fingerprint density at radius 3 is 2.43 bits per heavy atom. The first-order valence-corrected chi connectivity index (χ1v) is 6.49. The molecule has 0 atom stereocenters.